The Bertz CT molecular complexity index is 701. The second-order valence-electron chi connectivity index (χ2n) is 6.79. The molecule has 1 aliphatic rings. The maximum absolute atomic E-state index is 10.8. The molecular weight excluding hydrogens is 272 g/mol. The molecule has 0 bridgehead atoms. The number of aryl methyl sites for hydroxylation is 1. The second kappa shape index (κ2) is 5.64. The minimum Gasteiger partial charge on any atom is -0.386 e. The van der Waals surface area contributed by atoms with Gasteiger partial charge in [0.2, 0.25) is 0 Å². The zero-order valence-electron chi connectivity index (χ0n) is 14.1. The summed E-state index contributed by atoms with van der Waals surface area (Å²) in [6.07, 6.45) is 1.97. The molecule has 3 heteroatoms. The summed E-state index contributed by atoms with van der Waals surface area (Å²) in [7, 11) is 0. The maximum Gasteiger partial charge on any atom is 0.0850 e. The Morgan fingerprint density at radius 1 is 1.27 bits per heavy atom. The number of aliphatic hydroxyl groups is 1. The molecule has 3 nitrogen and oxygen atoms in total. The van der Waals surface area contributed by atoms with Crippen LogP contribution in [0, 0.1) is 0 Å². The van der Waals surface area contributed by atoms with E-state index in [4.69, 9.17) is 4.98 Å². The van der Waals surface area contributed by atoms with Crippen LogP contribution >= 0.6 is 0 Å². The predicted octanol–water partition coefficient (Wildman–Crippen LogP) is 3.40. The van der Waals surface area contributed by atoms with E-state index in [1.165, 1.54) is 16.8 Å². The van der Waals surface area contributed by atoms with Crippen LogP contribution in [0.4, 0.5) is 0 Å². The smallest absolute Gasteiger partial charge is 0.0850 e. The number of fused-ring (bicyclic) bond motifs is 2. The Morgan fingerprint density at radius 3 is 2.68 bits per heavy atom. The third kappa shape index (κ3) is 2.64. The minimum atomic E-state index is -0.853. The van der Waals surface area contributed by atoms with Crippen molar-refractivity contribution in [2.75, 3.05) is 13.1 Å². The number of nitrogens with zero attached hydrogens (tertiary/aromatic N) is 2. The number of rotatable bonds is 3. The highest BCUT2D eigenvalue weighted by Crippen LogP contribution is 2.35. The van der Waals surface area contributed by atoms with Crippen LogP contribution in [0.15, 0.2) is 18.2 Å². The molecule has 0 spiro atoms. The average Bonchev–Trinajstić information content (AvgIpc) is 2.50. The molecule has 0 amide bonds. The van der Waals surface area contributed by atoms with Gasteiger partial charge in [-0.05, 0) is 55.6 Å². The van der Waals surface area contributed by atoms with Crippen molar-refractivity contribution in [1.82, 2.24) is 9.88 Å². The molecule has 1 aromatic heterocycles. The molecule has 1 aromatic carbocycles. The standard InChI is InChI=1S/C19H26N2O/c1-5-13-7-8-16-14(11-13)18(19(3,4)22)15-12-21(6-2)10-9-17(15)20-16/h7-8,11,22H,5-6,9-10,12H2,1-4H3. The average molecular weight is 298 g/mol. The molecular formula is C19H26N2O. The predicted molar refractivity (Wildman–Crippen MR) is 91.0 cm³/mol. The lowest BCUT2D eigenvalue weighted by molar-refractivity contribution is 0.0775. The molecule has 22 heavy (non-hydrogen) atoms. The van der Waals surface area contributed by atoms with Crippen LogP contribution in [0.3, 0.4) is 0 Å². The zero-order chi connectivity index (χ0) is 15.9. The lowest BCUT2D eigenvalue weighted by atomic mass is 9.86. The van der Waals surface area contributed by atoms with Gasteiger partial charge in [-0.25, -0.2) is 0 Å². The number of aromatic nitrogens is 1. The van der Waals surface area contributed by atoms with Gasteiger partial charge in [-0.1, -0.05) is 19.9 Å². The van der Waals surface area contributed by atoms with Crippen molar-refractivity contribution in [3.63, 3.8) is 0 Å². The van der Waals surface area contributed by atoms with Crippen molar-refractivity contribution >= 4 is 10.9 Å². The topological polar surface area (TPSA) is 36.4 Å². The number of benzene rings is 1. The molecule has 1 N–H and O–H groups in total. The summed E-state index contributed by atoms with van der Waals surface area (Å²) < 4.78 is 0. The molecule has 0 fully saturated rings. The monoisotopic (exact) mass is 298 g/mol. The summed E-state index contributed by atoms with van der Waals surface area (Å²) >= 11 is 0. The van der Waals surface area contributed by atoms with E-state index in [9.17, 15) is 5.11 Å². The van der Waals surface area contributed by atoms with Gasteiger partial charge < -0.3 is 5.11 Å². The van der Waals surface area contributed by atoms with E-state index in [2.05, 4.69) is 36.9 Å². The molecule has 0 atom stereocenters. The van der Waals surface area contributed by atoms with Gasteiger partial charge in [0.15, 0.2) is 0 Å². The molecule has 2 aromatic rings. The largest absolute Gasteiger partial charge is 0.386 e. The van der Waals surface area contributed by atoms with Gasteiger partial charge >= 0.3 is 0 Å². The molecule has 3 rings (SSSR count). The van der Waals surface area contributed by atoms with Crippen LogP contribution in [0.25, 0.3) is 10.9 Å². The van der Waals surface area contributed by atoms with Gasteiger partial charge in [-0.3, -0.25) is 9.88 Å². The number of hydrogen-bond donors (Lipinski definition) is 1. The zero-order valence-corrected chi connectivity index (χ0v) is 14.1. The second-order valence-corrected chi connectivity index (χ2v) is 6.79. The molecule has 0 unspecified atom stereocenters. The van der Waals surface area contributed by atoms with Crippen LogP contribution in [-0.4, -0.2) is 28.1 Å². The van der Waals surface area contributed by atoms with Gasteiger partial charge in [-0.15, -0.1) is 0 Å². The molecule has 118 valence electrons. The fourth-order valence-electron chi connectivity index (χ4n) is 3.53. The first-order valence-electron chi connectivity index (χ1n) is 8.33. The van der Waals surface area contributed by atoms with E-state index in [1.807, 2.05) is 13.8 Å². The van der Waals surface area contributed by atoms with Crippen molar-refractivity contribution in [3.05, 3.63) is 40.6 Å². The van der Waals surface area contributed by atoms with E-state index >= 15 is 0 Å². The molecule has 2 heterocycles. The molecule has 0 aliphatic carbocycles. The Balaban J connectivity index is 2.30. The summed E-state index contributed by atoms with van der Waals surface area (Å²) in [6.45, 7) is 11.1. The van der Waals surface area contributed by atoms with E-state index in [0.29, 0.717) is 0 Å². The SMILES string of the molecule is CCc1ccc2nc3c(c(C(C)(C)O)c2c1)CN(CC)CC3. The Morgan fingerprint density at radius 2 is 2.05 bits per heavy atom. The Hall–Kier alpha value is -1.45. The van der Waals surface area contributed by atoms with Crippen molar-refractivity contribution in [2.24, 2.45) is 0 Å². The first kappa shape index (κ1) is 15.4. The third-order valence-electron chi connectivity index (χ3n) is 4.75. The molecule has 0 saturated carbocycles. The lowest BCUT2D eigenvalue weighted by Crippen LogP contribution is -2.33. The number of likely N-dealkylation sites (N-methyl/N-ethyl adjacent to an activating group) is 1. The highest BCUT2D eigenvalue weighted by atomic mass is 16.3. The summed E-state index contributed by atoms with van der Waals surface area (Å²) in [5, 5.41) is 11.9. The molecule has 1 aliphatic heterocycles. The van der Waals surface area contributed by atoms with Crippen molar-refractivity contribution in [2.45, 2.75) is 52.7 Å². The third-order valence-corrected chi connectivity index (χ3v) is 4.75. The van der Waals surface area contributed by atoms with E-state index in [1.54, 1.807) is 0 Å². The van der Waals surface area contributed by atoms with E-state index in [-0.39, 0.29) is 0 Å². The summed E-state index contributed by atoms with van der Waals surface area (Å²) in [6, 6.07) is 6.47. The van der Waals surface area contributed by atoms with Gasteiger partial charge in [0.1, 0.15) is 0 Å². The van der Waals surface area contributed by atoms with Gasteiger partial charge in [0.25, 0.3) is 0 Å². The fourth-order valence-corrected chi connectivity index (χ4v) is 3.53. The van der Waals surface area contributed by atoms with Crippen LogP contribution in [0.2, 0.25) is 0 Å². The van der Waals surface area contributed by atoms with Crippen LogP contribution in [-0.2, 0) is 25.0 Å². The first-order valence-corrected chi connectivity index (χ1v) is 8.33. The van der Waals surface area contributed by atoms with Crippen molar-refractivity contribution in [1.29, 1.82) is 0 Å². The minimum absolute atomic E-state index is 0.853. The van der Waals surface area contributed by atoms with Crippen molar-refractivity contribution in [3.8, 4) is 0 Å². The molecule has 0 saturated heterocycles. The number of pyridine rings is 1. The Kier molecular flexibility index (Phi) is 3.96. The Labute approximate surface area is 133 Å². The first-order chi connectivity index (χ1) is 10.4. The van der Waals surface area contributed by atoms with Gasteiger partial charge in [0.05, 0.1) is 11.1 Å². The van der Waals surface area contributed by atoms with E-state index in [0.717, 1.165) is 48.9 Å². The summed E-state index contributed by atoms with van der Waals surface area (Å²) in [4.78, 5) is 7.32. The molecule has 0 radical (unpaired) electrons. The maximum atomic E-state index is 10.8. The van der Waals surface area contributed by atoms with Gasteiger partial charge in [0, 0.05) is 30.6 Å². The highest BCUT2D eigenvalue weighted by Gasteiger charge is 2.29. The van der Waals surface area contributed by atoms with Crippen LogP contribution < -0.4 is 0 Å². The normalized spacial score (nSPS) is 16.0. The summed E-state index contributed by atoms with van der Waals surface area (Å²) in [5.74, 6) is 0. The van der Waals surface area contributed by atoms with Gasteiger partial charge in [-0.2, -0.15) is 0 Å². The van der Waals surface area contributed by atoms with E-state index < -0.39 is 5.60 Å². The quantitative estimate of drug-likeness (QED) is 0.943. The van der Waals surface area contributed by atoms with Crippen LogP contribution in [0.5, 0.6) is 0 Å². The van der Waals surface area contributed by atoms with Crippen LogP contribution in [0.1, 0.15) is 50.1 Å². The number of hydrogen-bond acceptors (Lipinski definition) is 3. The fraction of sp³-hybridized carbons (Fsp3) is 0.526. The lowest BCUT2D eigenvalue weighted by Gasteiger charge is -2.33. The van der Waals surface area contributed by atoms with Crippen molar-refractivity contribution < 1.29 is 5.11 Å². The highest BCUT2D eigenvalue weighted by molar-refractivity contribution is 5.85. The summed E-state index contributed by atoms with van der Waals surface area (Å²) in [5.41, 5.74) is 4.93.